The molecule has 88 valence electrons. The van der Waals surface area contributed by atoms with Gasteiger partial charge < -0.3 is 5.11 Å². The fraction of sp³-hybridized carbons (Fsp3) is 0. The van der Waals surface area contributed by atoms with Crippen molar-refractivity contribution in [1.82, 2.24) is 0 Å². The lowest BCUT2D eigenvalue weighted by atomic mass is 10.0. The molecule has 0 spiro atoms. The first-order valence-electron chi connectivity index (χ1n) is 4.42. The molecule has 6 heteroatoms. The Hall–Kier alpha value is -0.670. The van der Waals surface area contributed by atoms with Crippen LogP contribution in [0.2, 0.25) is 20.1 Å². The molecule has 2 rings (SSSR count). The molecule has 0 aliphatic carbocycles. The van der Waals surface area contributed by atoms with Gasteiger partial charge in [0, 0.05) is 15.8 Å². The Balaban J connectivity index is 3.04. The normalized spacial score (nSPS) is 10.8. The summed E-state index contributed by atoms with van der Waals surface area (Å²) in [4.78, 5) is 11.1. The van der Waals surface area contributed by atoms with Crippen LogP contribution in [-0.2, 0) is 0 Å². The molecular weight excluding hydrogens is 306 g/mol. The third-order valence-electron chi connectivity index (χ3n) is 2.28. The first kappa shape index (κ1) is 12.8. The van der Waals surface area contributed by atoms with Gasteiger partial charge >= 0.3 is 5.97 Å². The van der Waals surface area contributed by atoms with E-state index in [2.05, 4.69) is 0 Å². The van der Waals surface area contributed by atoms with E-state index in [4.69, 9.17) is 51.5 Å². The van der Waals surface area contributed by atoms with Crippen molar-refractivity contribution in [3.63, 3.8) is 0 Å². The summed E-state index contributed by atoms with van der Waals surface area (Å²) >= 11 is 23.7. The average Bonchev–Trinajstić information content (AvgIpc) is 2.21. The summed E-state index contributed by atoms with van der Waals surface area (Å²) in [5, 5.41) is 10.8. The molecule has 0 fully saturated rings. The largest absolute Gasteiger partial charge is 0.478 e. The number of carboxylic acids is 1. The van der Waals surface area contributed by atoms with Crippen LogP contribution in [0.5, 0.6) is 0 Å². The summed E-state index contributed by atoms with van der Waals surface area (Å²) in [5.74, 6) is -1.12. The summed E-state index contributed by atoms with van der Waals surface area (Å²) in [6.07, 6.45) is 0. The fourth-order valence-electron chi connectivity index (χ4n) is 1.57. The monoisotopic (exact) mass is 308 g/mol. The maximum Gasteiger partial charge on any atom is 0.336 e. The van der Waals surface area contributed by atoms with Crippen molar-refractivity contribution in [3.05, 3.63) is 43.9 Å². The lowest BCUT2D eigenvalue weighted by molar-refractivity contribution is 0.0699. The van der Waals surface area contributed by atoms with Gasteiger partial charge in [-0.1, -0.05) is 46.4 Å². The number of rotatable bonds is 1. The molecule has 0 aromatic heterocycles. The van der Waals surface area contributed by atoms with Gasteiger partial charge in [-0.25, -0.2) is 4.79 Å². The highest BCUT2D eigenvalue weighted by Crippen LogP contribution is 2.39. The maximum atomic E-state index is 11.1. The van der Waals surface area contributed by atoms with Crippen LogP contribution < -0.4 is 0 Å². The quantitative estimate of drug-likeness (QED) is 0.790. The van der Waals surface area contributed by atoms with Crippen molar-refractivity contribution in [2.45, 2.75) is 0 Å². The van der Waals surface area contributed by atoms with Gasteiger partial charge in [-0.15, -0.1) is 0 Å². The third kappa shape index (κ3) is 2.18. The predicted octanol–water partition coefficient (Wildman–Crippen LogP) is 5.15. The minimum atomic E-state index is -1.12. The molecular formula is C11H4Cl4O2. The van der Waals surface area contributed by atoms with Gasteiger partial charge in [0.25, 0.3) is 0 Å². The SMILES string of the molecule is O=C(O)c1cc(Cl)c(Cl)c2c(Cl)cc(Cl)cc12. The number of hydrogen-bond donors (Lipinski definition) is 1. The number of hydrogen-bond acceptors (Lipinski definition) is 1. The maximum absolute atomic E-state index is 11.1. The van der Waals surface area contributed by atoms with Crippen molar-refractivity contribution in [2.24, 2.45) is 0 Å². The van der Waals surface area contributed by atoms with E-state index in [1.165, 1.54) is 18.2 Å². The number of benzene rings is 2. The zero-order valence-corrected chi connectivity index (χ0v) is 11.1. The van der Waals surface area contributed by atoms with Gasteiger partial charge in [-0.2, -0.15) is 0 Å². The molecule has 2 aromatic carbocycles. The first-order valence-corrected chi connectivity index (χ1v) is 5.93. The zero-order chi connectivity index (χ0) is 12.7. The van der Waals surface area contributed by atoms with E-state index in [0.29, 0.717) is 15.8 Å². The van der Waals surface area contributed by atoms with Crippen LogP contribution in [0.4, 0.5) is 0 Å². The molecule has 0 heterocycles. The zero-order valence-electron chi connectivity index (χ0n) is 8.10. The molecule has 0 unspecified atom stereocenters. The second-order valence-electron chi connectivity index (χ2n) is 3.34. The van der Waals surface area contributed by atoms with Crippen LogP contribution >= 0.6 is 46.4 Å². The van der Waals surface area contributed by atoms with Crippen molar-refractivity contribution < 1.29 is 9.90 Å². The van der Waals surface area contributed by atoms with Gasteiger partial charge in [0.15, 0.2) is 0 Å². The van der Waals surface area contributed by atoms with Crippen LogP contribution in [0.15, 0.2) is 18.2 Å². The van der Waals surface area contributed by atoms with Gasteiger partial charge in [-0.3, -0.25) is 0 Å². The van der Waals surface area contributed by atoms with Crippen LogP contribution in [0.25, 0.3) is 10.8 Å². The van der Waals surface area contributed by atoms with Gasteiger partial charge in [-0.05, 0) is 18.2 Å². The molecule has 0 saturated carbocycles. The van der Waals surface area contributed by atoms with E-state index in [9.17, 15) is 4.79 Å². The van der Waals surface area contributed by atoms with Gasteiger partial charge in [0.05, 0.1) is 20.6 Å². The molecule has 1 N–H and O–H groups in total. The summed E-state index contributed by atoms with van der Waals surface area (Å²) in [5.41, 5.74) is 0.0128. The molecule has 0 radical (unpaired) electrons. The molecule has 0 bridgehead atoms. The lowest BCUT2D eigenvalue weighted by Gasteiger charge is -2.09. The molecule has 0 saturated heterocycles. The molecule has 2 nitrogen and oxygen atoms in total. The Kier molecular flexibility index (Phi) is 3.41. The molecule has 0 aliphatic heterocycles. The topological polar surface area (TPSA) is 37.3 Å². The van der Waals surface area contributed by atoms with Crippen molar-refractivity contribution in [2.75, 3.05) is 0 Å². The molecule has 0 aliphatic rings. The second kappa shape index (κ2) is 4.54. The Morgan fingerprint density at radius 3 is 2.24 bits per heavy atom. The van der Waals surface area contributed by atoms with E-state index in [1.54, 1.807) is 0 Å². The highest BCUT2D eigenvalue weighted by Gasteiger charge is 2.17. The van der Waals surface area contributed by atoms with E-state index in [-0.39, 0.29) is 20.6 Å². The van der Waals surface area contributed by atoms with E-state index >= 15 is 0 Å². The number of fused-ring (bicyclic) bond motifs is 1. The summed E-state index contributed by atoms with van der Waals surface area (Å²) in [7, 11) is 0. The highest BCUT2D eigenvalue weighted by atomic mass is 35.5. The Bertz CT molecular complexity index is 637. The predicted molar refractivity (Wildman–Crippen MR) is 70.9 cm³/mol. The standard InChI is InChI=1S/C11H4Cl4O2/c12-4-1-5-6(11(16)17)3-8(14)10(15)9(5)7(13)2-4/h1-3H,(H,16,17). The average molecular weight is 310 g/mol. The molecule has 0 amide bonds. The first-order chi connectivity index (χ1) is 7.91. The Labute approximate surface area is 117 Å². The summed E-state index contributed by atoms with van der Waals surface area (Å²) in [6.45, 7) is 0. The van der Waals surface area contributed by atoms with Crippen LogP contribution in [0.1, 0.15) is 10.4 Å². The summed E-state index contributed by atoms with van der Waals surface area (Å²) in [6, 6.07) is 4.26. The Morgan fingerprint density at radius 2 is 1.65 bits per heavy atom. The second-order valence-corrected chi connectivity index (χ2v) is 4.96. The molecule has 0 atom stereocenters. The molecule has 17 heavy (non-hydrogen) atoms. The van der Waals surface area contributed by atoms with Crippen molar-refractivity contribution in [1.29, 1.82) is 0 Å². The smallest absolute Gasteiger partial charge is 0.336 e. The van der Waals surface area contributed by atoms with Crippen LogP contribution in [-0.4, -0.2) is 11.1 Å². The highest BCUT2D eigenvalue weighted by molar-refractivity contribution is 6.49. The van der Waals surface area contributed by atoms with Crippen LogP contribution in [0, 0.1) is 0 Å². The number of carbonyl (C=O) groups is 1. The fourth-order valence-corrected chi connectivity index (χ4v) is 2.67. The Morgan fingerprint density at radius 1 is 1.00 bits per heavy atom. The van der Waals surface area contributed by atoms with Gasteiger partial charge in [0.1, 0.15) is 0 Å². The van der Waals surface area contributed by atoms with E-state index in [1.807, 2.05) is 0 Å². The molecule has 2 aromatic rings. The van der Waals surface area contributed by atoms with Crippen LogP contribution in [0.3, 0.4) is 0 Å². The minimum absolute atomic E-state index is 0.0128. The van der Waals surface area contributed by atoms with Crippen molar-refractivity contribution in [3.8, 4) is 0 Å². The summed E-state index contributed by atoms with van der Waals surface area (Å²) < 4.78 is 0. The number of halogens is 4. The van der Waals surface area contributed by atoms with Gasteiger partial charge in [0.2, 0.25) is 0 Å². The number of carboxylic acid groups (broad SMARTS) is 1. The number of aromatic carboxylic acids is 1. The third-order valence-corrected chi connectivity index (χ3v) is 3.58. The van der Waals surface area contributed by atoms with E-state index < -0.39 is 5.97 Å². The van der Waals surface area contributed by atoms with Crippen molar-refractivity contribution >= 4 is 63.1 Å². The van der Waals surface area contributed by atoms with E-state index in [0.717, 1.165) is 0 Å². The lowest BCUT2D eigenvalue weighted by Crippen LogP contribution is -1.98. The minimum Gasteiger partial charge on any atom is -0.478 e.